The zero-order valence-electron chi connectivity index (χ0n) is 15.8. The highest BCUT2D eigenvalue weighted by atomic mass is 16.3. The number of aliphatic hydroxyl groups is 1. The molecule has 7 heteroatoms. The van der Waals surface area contributed by atoms with E-state index in [1.807, 2.05) is 39.0 Å². The zero-order chi connectivity index (χ0) is 19.2. The molecule has 0 atom stereocenters. The Morgan fingerprint density at radius 3 is 2.56 bits per heavy atom. The molecular formula is C20H23N5O2. The molecule has 1 N–H and O–H groups in total. The van der Waals surface area contributed by atoms with Gasteiger partial charge in [-0.15, -0.1) is 0 Å². The predicted octanol–water partition coefficient (Wildman–Crippen LogP) is 2.17. The van der Waals surface area contributed by atoms with Crippen molar-refractivity contribution in [2.45, 2.75) is 39.2 Å². The van der Waals surface area contributed by atoms with Gasteiger partial charge in [-0.3, -0.25) is 9.78 Å². The maximum absolute atomic E-state index is 12.9. The molecule has 1 amide bonds. The van der Waals surface area contributed by atoms with Gasteiger partial charge in [0.1, 0.15) is 5.60 Å². The number of amides is 1. The lowest BCUT2D eigenvalue weighted by Gasteiger charge is -2.37. The molecule has 0 aromatic carbocycles. The molecule has 1 fully saturated rings. The molecule has 0 spiro atoms. The molecule has 1 aliphatic heterocycles. The topological polar surface area (TPSA) is 83.6 Å². The number of likely N-dealkylation sites (tertiary alicyclic amines) is 1. The number of hydrogen-bond acceptors (Lipinski definition) is 5. The van der Waals surface area contributed by atoms with Crippen LogP contribution in [0, 0.1) is 20.8 Å². The Morgan fingerprint density at radius 2 is 1.89 bits per heavy atom. The second-order valence-corrected chi connectivity index (χ2v) is 7.38. The first-order valence-corrected chi connectivity index (χ1v) is 9.14. The van der Waals surface area contributed by atoms with E-state index >= 15 is 0 Å². The lowest BCUT2D eigenvalue weighted by molar-refractivity contribution is -0.0245. The number of rotatable bonds is 2. The fourth-order valence-corrected chi connectivity index (χ4v) is 3.63. The van der Waals surface area contributed by atoms with Crippen LogP contribution in [-0.4, -0.2) is 48.6 Å². The third-order valence-corrected chi connectivity index (χ3v) is 5.22. The van der Waals surface area contributed by atoms with Crippen LogP contribution in [-0.2, 0) is 5.60 Å². The summed E-state index contributed by atoms with van der Waals surface area (Å²) in [5, 5.41) is 15.4. The summed E-state index contributed by atoms with van der Waals surface area (Å²) in [4.78, 5) is 23.4. The maximum Gasteiger partial charge on any atom is 0.274 e. The number of pyridine rings is 1. The quantitative estimate of drug-likeness (QED) is 0.752. The maximum atomic E-state index is 12.9. The number of hydrogen-bond donors (Lipinski definition) is 1. The number of nitrogens with zero attached hydrogens (tertiary/aromatic N) is 5. The van der Waals surface area contributed by atoms with Gasteiger partial charge in [0, 0.05) is 36.7 Å². The molecule has 140 valence electrons. The van der Waals surface area contributed by atoms with Crippen LogP contribution in [0.1, 0.15) is 46.0 Å². The van der Waals surface area contributed by atoms with Crippen molar-refractivity contribution in [3.63, 3.8) is 0 Å². The Bertz CT molecular complexity index is 1000. The molecule has 4 rings (SSSR count). The Balaban J connectivity index is 1.52. The molecule has 3 aromatic heterocycles. The Kier molecular flexibility index (Phi) is 4.19. The van der Waals surface area contributed by atoms with Gasteiger partial charge in [-0.05, 0) is 51.3 Å². The third-order valence-electron chi connectivity index (χ3n) is 5.22. The molecule has 4 heterocycles. The van der Waals surface area contributed by atoms with Crippen molar-refractivity contribution >= 4 is 11.6 Å². The van der Waals surface area contributed by atoms with E-state index < -0.39 is 5.60 Å². The van der Waals surface area contributed by atoms with Gasteiger partial charge in [-0.25, -0.2) is 9.50 Å². The van der Waals surface area contributed by atoms with Gasteiger partial charge in [0.2, 0.25) is 0 Å². The second-order valence-electron chi connectivity index (χ2n) is 7.38. The summed E-state index contributed by atoms with van der Waals surface area (Å²) in [6.07, 6.45) is 2.68. The summed E-state index contributed by atoms with van der Waals surface area (Å²) in [5.74, 6) is -0.128. The minimum absolute atomic E-state index is 0.128. The number of carbonyl (C=O) groups excluding carboxylic acids is 1. The summed E-state index contributed by atoms with van der Waals surface area (Å²) in [5.41, 5.74) is 3.63. The first-order valence-electron chi connectivity index (χ1n) is 9.14. The monoisotopic (exact) mass is 365 g/mol. The van der Waals surface area contributed by atoms with Crippen LogP contribution in [0.25, 0.3) is 5.65 Å². The van der Waals surface area contributed by atoms with E-state index in [-0.39, 0.29) is 5.91 Å². The summed E-state index contributed by atoms with van der Waals surface area (Å²) >= 11 is 0. The van der Waals surface area contributed by atoms with Gasteiger partial charge in [-0.2, -0.15) is 5.10 Å². The van der Waals surface area contributed by atoms with Crippen LogP contribution in [0.2, 0.25) is 0 Å². The van der Waals surface area contributed by atoms with Gasteiger partial charge in [0.05, 0.1) is 5.69 Å². The molecule has 0 saturated carbocycles. The molecule has 3 aromatic rings. The van der Waals surface area contributed by atoms with Gasteiger partial charge in [-0.1, -0.05) is 6.07 Å². The number of fused-ring (bicyclic) bond motifs is 1. The average molecular weight is 365 g/mol. The van der Waals surface area contributed by atoms with Crippen LogP contribution >= 0.6 is 0 Å². The van der Waals surface area contributed by atoms with Crippen LogP contribution in [0.3, 0.4) is 0 Å². The van der Waals surface area contributed by atoms with Crippen molar-refractivity contribution < 1.29 is 9.90 Å². The lowest BCUT2D eigenvalue weighted by Crippen LogP contribution is -2.45. The van der Waals surface area contributed by atoms with Crippen molar-refractivity contribution in [1.29, 1.82) is 0 Å². The van der Waals surface area contributed by atoms with Crippen molar-refractivity contribution in [3.8, 4) is 0 Å². The molecule has 7 nitrogen and oxygen atoms in total. The van der Waals surface area contributed by atoms with E-state index in [4.69, 9.17) is 0 Å². The average Bonchev–Trinajstić information content (AvgIpc) is 3.06. The van der Waals surface area contributed by atoms with Crippen molar-refractivity contribution in [2.24, 2.45) is 0 Å². The molecule has 0 radical (unpaired) electrons. The highest BCUT2D eigenvalue weighted by molar-refractivity contribution is 5.93. The largest absolute Gasteiger partial charge is 0.383 e. The SMILES string of the molecule is Cc1ccc(C2(O)CCN(C(=O)c3cc4nc(C)cc(C)n4n3)CC2)nc1. The lowest BCUT2D eigenvalue weighted by atomic mass is 9.87. The second kappa shape index (κ2) is 6.42. The first kappa shape index (κ1) is 17.6. The van der Waals surface area contributed by atoms with E-state index in [0.29, 0.717) is 43.0 Å². The Hall–Kier alpha value is -2.80. The summed E-state index contributed by atoms with van der Waals surface area (Å²) in [7, 11) is 0. The summed E-state index contributed by atoms with van der Waals surface area (Å²) in [6.45, 7) is 6.76. The summed E-state index contributed by atoms with van der Waals surface area (Å²) in [6, 6.07) is 7.48. The smallest absolute Gasteiger partial charge is 0.274 e. The van der Waals surface area contributed by atoms with E-state index in [2.05, 4.69) is 15.1 Å². The standard InChI is InChI=1S/C20H23N5O2/c1-13-4-5-17(21-12-13)20(27)6-8-24(9-7-20)19(26)16-11-18-22-14(2)10-15(3)25(18)23-16/h4-5,10-12,27H,6-9H2,1-3H3. The molecule has 0 unspecified atom stereocenters. The van der Waals surface area contributed by atoms with Crippen LogP contribution in [0.4, 0.5) is 0 Å². The Labute approximate surface area is 157 Å². The summed E-state index contributed by atoms with van der Waals surface area (Å²) < 4.78 is 1.69. The van der Waals surface area contributed by atoms with E-state index in [1.165, 1.54) is 0 Å². The molecule has 27 heavy (non-hydrogen) atoms. The first-order chi connectivity index (χ1) is 12.9. The van der Waals surface area contributed by atoms with E-state index in [9.17, 15) is 9.90 Å². The van der Waals surface area contributed by atoms with Gasteiger partial charge < -0.3 is 10.0 Å². The van der Waals surface area contributed by atoms with Crippen LogP contribution in [0.5, 0.6) is 0 Å². The number of carbonyl (C=O) groups is 1. The van der Waals surface area contributed by atoms with Crippen molar-refractivity contribution in [2.75, 3.05) is 13.1 Å². The van der Waals surface area contributed by atoms with Gasteiger partial charge in [0.15, 0.2) is 11.3 Å². The number of aromatic nitrogens is 4. The normalized spacial score (nSPS) is 16.7. The number of piperidine rings is 1. The molecule has 1 aliphatic rings. The molecular weight excluding hydrogens is 342 g/mol. The number of aryl methyl sites for hydroxylation is 3. The van der Waals surface area contributed by atoms with E-state index in [1.54, 1.807) is 21.7 Å². The van der Waals surface area contributed by atoms with Gasteiger partial charge >= 0.3 is 0 Å². The Morgan fingerprint density at radius 1 is 1.15 bits per heavy atom. The van der Waals surface area contributed by atoms with Crippen molar-refractivity contribution in [1.82, 2.24) is 24.5 Å². The zero-order valence-corrected chi connectivity index (χ0v) is 15.8. The van der Waals surface area contributed by atoms with E-state index in [0.717, 1.165) is 17.0 Å². The highest BCUT2D eigenvalue weighted by Gasteiger charge is 2.37. The fourth-order valence-electron chi connectivity index (χ4n) is 3.63. The minimum Gasteiger partial charge on any atom is -0.383 e. The predicted molar refractivity (Wildman–Crippen MR) is 100 cm³/mol. The molecule has 1 saturated heterocycles. The van der Waals surface area contributed by atoms with Crippen LogP contribution < -0.4 is 0 Å². The third kappa shape index (κ3) is 3.19. The fraction of sp³-hybridized carbons (Fsp3) is 0.400. The van der Waals surface area contributed by atoms with Crippen LogP contribution in [0.15, 0.2) is 30.5 Å². The molecule has 0 aliphatic carbocycles. The minimum atomic E-state index is -0.987. The van der Waals surface area contributed by atoms with Crippen molar-refractivity contribution in [3.05, 3.63) is 58.8 Å². The highest BCUT2D eigenvalue weighted by Crippen LogP contribution is 2.32. The molecule has 0 bridgehead atoms. The van der Waals surface area contributed by atoms with Gasteiger partial charge in [0.25, 0.3) is 5.91 Å².